The summed E-state index contributed by atoms with van der Waals surface area (Å²) in [6, 6.07) is 54.2. The van der Waals surface area contributed by atoms with E-state index < -0.39 is 0 Å². The Kier molecular flexibility index (Phi) is 18.2. The van der Waals surface area contributed by atoms with E-state index in [2.05, 4.69) is 107 Å². The third-order valence-corrected chi connectivity index (χ3v) is 8.34. The van der Waals surface area contributed by atoms with Crippen LogP contribution in [0.3, 0.4) is 0 Å². The van der Waals surface area contributed by atoms with E-state index in [9.17, 15) is 0 Å². The van der Waals surface area contributed by atoms with Crippen LogP contribution in [-0.2, 0) is 23.3 Å². The largest absolute Gasteiger partial charge is 0.184 e. The van der Waals surface area contributed by atoms with Gasteiger partial charge in [-0.25, -0.2) is 0 Å². The van der Waals surface area contributed by atoms with Crippen LogP contribution in [0.15, 0.2) is 176 Å². The van der Waals surface area contributed by atoms with E-state index in [-0.39, 0.29) is 32.2 Å². The molecule has 2 radical (unpaired) electrons. The second-order valence-corrected chi connectivity index (χ2v) is 12.1. The zero-order valence-electron chi connectivity index (χ0n) is 30.8. The zero-order valence-corrected chi connectivity index (χ0v) is 35.9. The fourth-order valence-electron chi connectivity index (χ4n) is 6.11. The quantitative estimate of drug-likeness (QED) is 0.131. The number of nitrogens with zero attached hydrogens (tertiary/aromatic N) is 4. The smallest absolute Gasteiger partial charge is 0.171 e. The van der Waals surface area contributed by atoms with Crippen molar-refractivity contribution in [2.24, 2.45) is 0 Å². The molecule has 0 saturated heterocycles. The molecule has 0 aliphatic heterocycles. The van der Waals surface area contributed by atoms with Gasteiger partial charge in [-0.1, -0.05) is 50.2 Å². The van der Waals surface area contributed by atoms with Crippen molar-refractivity contribution >= 4 is 53.2 Å². The molecule has 8 heteroatoms. The van der Waals surface area contributed by atoms with E-state index >= 15 is 0 Å². The Morgan fingerprint density at radius 3 is 1.13 bits per heavy atom. The van der Waals surface area contributed by atoms with Crippen LogP contribution in [0, 0.1) is 27.3 Å². The Morgan fingerprint density at radius 2 is 0.836 bits per heavy atom. The van der Waals surface area contributed by atoms with Crippen LogP contribution in [0.5, 0.6) is 0 Å². The van der Waals surface area contributed by atoms with Crippen LogP contribution >= 0.6 is 24.8 Å². The maximum atomic E-state index is 4.52. The standard InChI is InChI=1S/2C20H15N2.C6H5.CH3.2ClH.Si.Zr/c2*1-14-10-15-12-16(19-6-2-4-8-21-19)13-18(17(15)11-14)20-7-3-5-9-22-20;1-2-4-6-5-3-1;;;;;/h2*2-13H,1H3;1-5H;1H3;2*1H;;/q4*-1;;;;. The van der Waals surface area contributed by atoms with Crippen LogP contribution in [0.2, 0.25) is 0 Å². The number of hydrogen-bond acceptors (Lipinski definition) is 4. The second-order valence-electron chi connectivity index (χ2n) is 12.1. The molecule has 9 aromatic rings. The predicted molar refractivity (Wildman–Crippen MR) is 233 cm³/mol. The Bertz CT molecular complexity index is 2270. The number of hydrogen-bond donors (Lipinski definition) is 0. The van der Waals surface area contributed by atoms with Crippen LogP contribution in [0.25, 0.3) is 66.6 Å². The molecule has 0 unspecified atom stereocenters. The SMILES string of the molecule is Cc1cc2c(-c3ccccn3)cc(-c3ccccn3)cc2[cH-]1.Cc1cc2c(-c3ccccn3)cc(-c3ccccn3)cc2[cH-]1.Cl.Cl.[CH3-].[Si]=[Zr].[c-]1ccccc1. The number of rotatable bonds is 4. The van der Waals surface area contributed by atoms with Gasteiger partial charge in [-0.15, -0.1) is 81.8 Å². The molecule has 0 aliphatic carbocycles. The molecule has 55 heavy (non-hydrogen) atoms. The molecule has 4 heterocycles. The van der Waals surface area contributed by atoms with Gasteiger partial charge in [-0.3, -0.25) is 19.9 Å². The zero-order chi connectivity index (χ0) is 36.1. The Balaban J connectivity index is 0.000000236. The first kappa shape index (κ1) is 44.6. The van der Waals surface area contributed by atoms with E-state index in [4.69, 9.17) is 0 Å². The van der Waals surface area contributed by atoms with Gasteiger partial charge in [0.25, 0.3) is 0 Å². The van der Waals surface area contributed by atoms with Gasteiger partial charge >= 0.3 is 30.2 Å². The molecule has 0 aliphatic rings. The second kappa shape index (κ2) is 22.5. The van der Waals surface area contributed by atoms with Crippen molar-refractivity contribution < 1.29 is 23.3 Å². The van der Waals surface area contributed by atoms with E-state index in [0.29, 0.717) is 0 Å². The van der Waals surface area contributed by atoms with Crippen LogP contribution in [0.4, 0.5) is 0 Å². The van der Waals surface area contributed by atoms with Crippen molar-refractivity contribution in [3.63, 3.8) is 0 Å². The monoisotopic (exact) mass is 848 g/mol. The molecule has 0 N–H and O–H groups in total. The van der Waals surface area contributed by atoms with Gasteiger partial charge in [-0.2, -0.15) is 48.5 Å². The first-order valence-electron chi connectivity index (χ1n) is 16.9. The molecule has 5 aromatic carbocycles. The minimum Gasteiger partial charge on any atom is -0.184 e. The summed E-state index contributed by atoms with van der Waals surface area (Å²) in [6.07, 6.45) is 7.33. The topological polar surface area (TPSA) is 51.6 Å². The van der Waals surface area contributed by atoms with Crippen molar-refractivity contribution in [3.8, 4) is 45.0 Å². The van der Waals surface area contributed by atoms with Gasteiger partial charge in [-0.05, 0) is 70.8 Å². The van der Waals surface area contributed by atoms with Gasteiger partial charge in [0.1, 0.15) is 0 Å². The third-order valence-electron chi connectivity index (χ3n) is 8.34. The number of aromatic nitrogens is 4. The van der Waals surface area contributed by atoms with E-state index in [1.54, 1.807) is 0 Å². The summed E-state index contributed by atoms with van der Waals surface area (Å²) in [6.45, 7) is 7.32. The Labute approximate surface area is 353 Å². The molecule has 0 amide bonds. The maximum Gasteiger partial charge on any atom is -0.171 e. The van der Waals surface area contributed by atoms with Gasteiger partial charge in [0.05, 0.1) is 22.8 Å². The van der Waals surface area contributed by atoms with Crippen molar-refractivity contribution in [3.05, 3.63) is 201 Å². The van der Waals surface area contributed by atoms with Crippen molar-refractivity contribution in [2.45, 2.75) is 13.8 Å². The Hall–Kier alpha value is -4.84. The Morgan fingerprint density at radius 1 is 0.473 bits per heavy atom. The minimum atomic E-state index is 0. The first-order chi connectivity index (χ1) is 25.6. The third kappa shape index (κ3) is 11.6. The summed E-state index contributed by atoms with van der Waals surface area (Å²) in [7, 11) is 0. The molecule has 274 valence electrons. The average molecular weight is 851 g/mol. The summed E-state index contributed by atoms with van der Waals surface area (Å²) >= 11 is 1.36. The maximum absolute atomic E-state index is 4.52. The average Bonchev–Trinajstić information content (AvgIpc) is 3.81. The molecule has 9 rings (SSSR count). The number of fused-ring (bicyclic) bond motifs is 2. The fourth-order valence-corrected chi connectivity index (χ4v) is 6.11. The molecule has 0 saturated carbocycles. The van der Waals surface area contributed by atoms with E-state index in [1.807, 2.05) is 116 Å². The molecule has 0 atom stereocenters. The van der Waals surface area contributed by atoms with Gasteiger partial charge in [0.15, 0.2) is 0 Å². The molecular formula is C47H40Cl2N4SiZr-4. The van der Waals surface area contributed by atoms with Gasteiger partial charge < -0.3 is 7.43 Å². The molecule has 0 bridgehead atoms. The molecule has 4 nitrogen and oxygen atoms in total. The predicted octanol–water partition coefficient (Wildman–Crippen LogP) is 12.4. The van der Waals surface area contributed by atoms with Crippen molar-refractivity contribution in [1.82, 2.24) is 19.9 Å². The summed E-state index contributed by atoms with van der Waals surface area (Å²) in [5, 5.41) is 4.97. The van der Waals surface area contributed by atoms with E-state index in [1.165, 1.54) is 56.0 Å². The van der Waals surface area contributed by atoms with Gasteiger partial charge in [0.2, 0.25) is 0 Å². The number of aryl methyl sites for hydroxylation is 2. The number of halogens is 2. The number of pyridine rings is 4. The fraction of sp³-hybridized carbons (Fsp3) is 0.0426. The van der Waals surface area contributed by atoms with Crippen molar-refractivity contribution in [1.29, 1.82) is 0 Å². The van der Waals surface area contributed by atoms with Crippen molar-refractivity contribution in [2.75, 3.05) is 0 Å². The van der Waals surface area contributed by atoms with Crippen LogP contribution in [0.1, 0.15) is 11.1 Å². The molecule has 0 fully saturated rings. The van der Waals surface area contributed by atoms with Crippen LogP contribution in [-0.4, -0.2) is 26.8 Å². The van der Waals surface area contributed by atoms with Gasteiger partial charge in [0, 0.05) is 24.8 Å². The van der Waals surface area contributed by atoms with E-state index in [0.717, 1.165) is 45.0 Å². The normalized spacial score (nSPS) is 9.69. The number of benzene rings is 3. The molecular weight excluding hydrogens is 811 g/mol. The summed E-state index contributed by atoms with van der Waals surface area (Å²) < 4.78 is 0. The van der Waals surface area contributed by atoms with Crippen LogP contribution < -0.4 is 0 Å². The summed E-state index contributed by atoms with van der Waals surface area (Å²) in [5.74, 6) is 0. The molecule has 4 aromatic heterocycles. The summed E-state index contributed by atoms with van der Waals surface area (Å²) in [5.41, 5.74) is 11.1. The first-order valence-corrected chi connectivity index (χ1v) is 21.0. The summed E-state index contributed by atoms with van der Waals surface area (Å²) in [4.78, 5) is 18.0. The molecule has 0 spiro atoms. The minimum absolute atomic E-state index is 0.